The predicted molar refractivity (Wildman–Crippen MR) is 74.7 cm³/mol. The van der Waals surface area contributed by atoms with Gasteiger partial charge >= 0.3 is 0 Å². The van der Waals surface area contributed by atoms with Crippen molar-refractivity contribution in [1.29, 1.82) is 0 Å². The van der Waals surface area contributed by atoms with E-state index in [1.807, 2.05) is 6.92 Å². The van der Waals surface area contributed by atoms with E-state index in [1.54, 1.807) is 11.4 Å². The maximum Gasteiger partial charge on any atom is 0.281 e. The Kier molecular flexibility index (Phi) is 6.04. The summed E-state index contributed by atoms with van der Waals surface area (Å²) >= 11 is 0. The largest absolute Gasteiger partial charge is 0.314 e. The summed E-state index contributed by atoms with van der Waals surface area (Å²) in [5.41, 5.74) is 0. The lowest BCUT2D eigenvalue weighted by Gasteiger charge is -2.26. The zero-order valence-corrected chi connectivity index (χ0v) is 12.8. The minimum Gasteiger partial charge on any atom is -0.314 e. The van der Waals surface area contributed by atoms with Gasteiger partial charge in [-0.05, 0) is 25.8 Å². The highest BCUT2D eigenvalue weighted by Gasteiger charge is 2.37. The van der Waals surface area contributed by atoms with E-state index < -0.39 is 10.2 Å². The lowest BCUT2D eigenvalue weighted by molar-refractivity contribution is 0.358. The van der Waals surface area contributed by atoms with Gasteiger partial charge in [-0.3, -0.25) is 0 Å². The molecule has 0 aromatic heterocycles. The van der Waals surface area contributed by atoms with Gasteiger partial charge in [0.2, 0.25) is 0 Å². The van der Waals surface area contributed by atoms with E-state index in [4.69, 9.17) is 0 Å². The third-order valence-electron chi connectivity index (χ3n) is 3.16. The van der Waals surface area contributed by atoms with Crippen molar-refractivity contribution < 1.29 is 8.42 Å². The van der Waals surface area contributed by atoms with Gasteiger partial charge in [-0.2, -0.15) is 17.0 Å². The highest BCUT2D eigenvalue weighted by Crippen LogP contribution is 2.29. The van der Waals surface area contributed by atoms with Gasteiger partial charge in [0.1, 0.15) is 0 Å². The average molecular weight is 277 g/mol. The van der Waals surface area contributed by atoms with E-state index in [0.29, 0.717) is 19.1 Å². The van der Waals surface area contributed by atoms with Crippen LogP contribution in [0.2, 0.25) is 0 Å². The molecule has 0 bridgehead atoms. The standard InChI is InChI=1S/C12H27N3O2S/c1-5-15(12-7-8-12)18(16,17)14(4)10-6-9-13-11(2)3/h11-13H,5-10H2,1-4H3. The minimum atomic E-state index is -3.25. The number of nitrogens with one attached hydrogen (secondary N) is 1. The number of nitrogens with zero attached hydrogens (tertiary/aromatic N) is 2. The Balaban J connectivity index is 2.41. The summed E-state index contributed by atoms with van der Waals surface area (Å²) in [5, 5.41) is 3.30. The zero-order valence-electron chi connectivity index (χ0n) is 12.0. The smallest absolute Gasteiger partial charge is 0.281 e. The molecule has 0 atom stereocenters. The van der Waals surface area contributed by atoms with Crippen molar-refractivity contribution in [2.24, 2.45) is 0 Å². The van der Waals surface area contributed by atoms with Crippen molar-refractivity contribution in [2.45, 2.75) is 52.1 Å². The van der Waals surface area contributed by atoms with Gasteiger partial charge in [0.25, 0.3) is 10.2 Å². The van der Waals surface area contributed by atoms with Crippen LogP contribution < -0.4 is 5.32 Å². The molecule has 1 N–H and O–H groups in total. The molecule has 0 amide bonds. The highest BCUT2D eigenvalue weighted by atomic mass is 32.2. The second-order valence-electron chi connectivity index (χ2n) is 5.23. The van der Waals surface area contributed by atoms with E-state index in [-0.39, 0.29) is 6.04 Å². The van der Waals surface area contributed by atoms with Gasteiger partial charge < -0.3 is 5.32 Å². The van der Waals surface area contributed by atoms with Crippen LogP contribution in [-0.2, 0) is 10.2 Å². The normalized spacial score (nSPS) is 17.1. The summed E-state index contributed by atoms with van der Waals surface area (Å²) < 4.78 is 27.7. The van der Waals surface area contributed by atoms with Crippen molar-refractivity contribution in [3.8, 4) is 0 Å². The molecule has 1 saturated carbocycles. The molecule has 0 spiro atoms. The van der Waals surface area contributed by atoms with Crippen LogP contribution in [0.4, 0.5) is 0 Å². The fraction of sp³-hybridized carbons (Fsp3) is 1.00. The van der Waals surface area contributed by atoms with Crippen LogP contribution in [0.5, 0.6) is 0 Å². The van der Waals surface area contributed by atoms with Gasteiger partial charge in [0.15, 0.2) is 0 Å². The fourth-order valence-corrected chi connectivity index (χ4v) is 3.59. The topological polar surface area (TPSA) is 52.7 Å². The summed E-state index contributed by atoms with van der Waals surface area (Å²) in [6.45, 7) is 8.09. The molecule has 0 radical (unpaired) electrons. The maximum absolute atomic E-state index is 12.3. The SMILES string of the molecule is CCN(C1CC1)S(=O)(=O)N(C)CCCNC(C)C. The number of hydrogen-bond donors (Lipinski definition) is 1. The van der Waals surface area contributed by atoms with Crippen molar-refractivity contribution in [3.63, 3.8) is 0 Å². The van der Waals surface area contributed by atoms with E-state index in [1.165, 1.54) is 4.31 Å². The first-order valence-corrected chi connectivity index (χ1v) is 8.25. The second-order valence-corrected chi connectivity index (χ2v) is 7.21. The van der Waals surface area contributed by atoms with Crippen LogP contribution in [0.1, 0.15) is 40.0 Å². The molecule has 5 nitrogen and oxygen atoms in total. The Labute approximate surface area is 112 Å². The lowest BCUT2D eigenvalue weighted by atomic mass is 10.3. The van der Waals surface area contributed by atoms with Crippen molar-refractivity contribution >= 4 is 10.2 Å². The Morgan fingerprint density at radius 1 is 1.33 bits per heavy atom. The third-order valence-corrected chi connectivity index (χ3v) is 5.28. The van der Waals surface area contributed by atoms with Gasteiger partial charge in [0.05, 0.1) is 0 Å². The van der Waals surface area contributed by atoms with Crippen LogP contribution in [0.15, 0.2) is 0 Å². The van der Waals surface area contributed by atoms with E-state index in [2.05, 4.69) is 19.2 Å². The van der Waals surface area contributed by atoms with Crippen LogP contribution in [0.3, 0.4) is 0 Å². The van der Waals surface area contributed by atoms with Crippen molar-refractivity contribution in [1.82, 2.24) is 13.9 Å². The molecule has 1 fully saturated rings. The summed E-state index contributed by atoms with van der Waals surface area (Å²) in [6, 6.07) is 0.696. The van der Waals surface area contributed by atoms with Gasteiger partial charge in [-0.25, -0.2) is 0 Å². The van der Waals surface area contributed by atoms with E-state index in [0.717, 1.165) is 25.8 Å². The molecule has 1 rings (SSSR count). The van der Waals surface area contributed by atoms with Crippen LogP contribution in [0.25, 0.3) is 0 Å². The Bertz CT molecular complexity index is 339. The van der Waals surface area contributed by atoms with E-state index in [9.17, 15) is 8.42 Å². The molecule has 0 heterocycles. The first kappa shape index (κ1) is 15.9. The molecule has 6 heteroatoms. The minimum absolute atomic E-state index is 0.247. The second kappa shape index (κ2) is 6.84. The van der Waals surface area contributed by atoms with Crippen LogP contribution >= 0.6 is 0 Å². The molecule has 0 aliphatic heterocycles. The molecular weight excluding hydrogens is 250 g/mol. The third kappa shape index (κ3) is 4.50. The molecule has 1 aliphatic rings. The molecule has 108 valence electrons. The molecular formula is C12H27N3O2S. The Morgan fingerprint density at radius 3 is 2.39 bits per heavy atom. The Hall–Kier alpha value is -0.170. The lowest BCUT2D eigenvalue weighted by Crippen LogP contribution is -2.43. The molecule has 0 aromatic rings. The first-order valence-electron chi connectivity index (χ1n) is 6.86. The molecule has 0 aromatic carbocycles. The summed E-state index contributed by atoms with van der Waals surface area (Å²) in [5.74, 6) is 0. The number of rotatable bonds is 9. The molecule has 0 saturated heterocycles. The summed E-state index contributed by atoms with van der Waals surface area (Å²) in [4.78, 5) is 0. The van der Waals surface area contributed by atoms with E-state index >= 15 is 0 Å². The number of hydrogen-bond acceptors (Lipinski definition) is 3. The first-order chi connectivity index (χ1) is 8.39. The zero-order chi connectivity index (χ0) is 13.8. The fourth-order valence-electron chi connectivity index (χ4n) is 1.96. The summed E-state index contributed by atoms with van der Waals surface area (Å²) in [6.07, 6.45) is 2.86. The predicted octanol–water partition coefficient (Wildman–Crippen LogP) is 1.04. The van der Waals surface area contributed by atoms with Crippen molar-refractivity contribution in [2.75, 3.05) is 26.7 Å². The van der Waals surface area contributed by atoms with Crippen LogP contribution in [-0.4, -0.2) is 55.8 Å². The maximum atomic E-state index is 12.3. The van der Waals surface area contributed by atoms with Gasteiger partial charge in [0, 0.05) is 32.2 Å². The van der Waals surface area contributed by atoms with Crippen molar-refractivity contribution in [3.05, 3.63) is 0 Å². The molecule has 0 unspecified atom stereocenters. The van der Waals surface area contributed by atoms with Gasteiger partial charge in [-0.15, -0.1) is 0 Å². The average Bonchev–Trinajstić information content (AvgIpc) is 3.08. The highest BCUT2D eigenvalue weighted by molar-refractivity contribution is 7.86. The Morgan fingerprint density at radius 2 is 1.94 bits per heavy atom. The monoisotopic (exact) mass is 277 g/mol. The van der Waals surface area contributed by atoms with Gasteiger partial charge in [-0.1, -0.05) is 20.8 Å². The summed E-state index contributed by atoms with van der Waals surface area (Å²) in [7, 11) is -1.57. The quantitative estimate of drug-likeness (QED) is 0.641. The molecule has 1 aliphatic carbocycles. The molecule has 18 heavy (non-hydrogen) atoms. The van der Waals surface area contributed by atoms with Crippen LogP contribution in [0, 0.1) is 0 Å².